The number of alkyl halides is 3. The van der Waals surface area contributed by atoms with Gasteiger partial charge in [0.1, 0.15) is 5.82 Å². The minimum absolute atomic E-state index is 0.0133. The molecule has 1 atom stereocenters. The average Bonchev–Trinajstić information content (AvgIpc) is 3.16. The molecule has 8 heteroatoms. The molecule has 0 aliphatic heterocycles. The molecule has 0 spiro atoms. The van der Waals surface area contributed by atoms with Crippen LogP contribution >= 0.6 is 0 Å². The fraction of sp³-hybridized carbons (Fsp3) is 0.200. The molecule has 1 aliphatic carbocycles. The molecule has 0 saturated heterocycles. The van der Waals surface area contributed by atoms with Crippen molar-refractivity contribution in [1.82, 2.24) is 9.78 Å². The first kappa shape index (κ1) is 18.4. The lowest BCUT2D eigenvalue weighted by atomic mass is 9.89. The van der Waals surface area contributed by atoms with Crippen molar-refractivity contribution in [2.24, 2.45) is 0 Å². The fourth-order valence-corrected chi connectivity index (χ4v) is 3.69. The summed E-state index contributed by atoms with van der Waals surface area (Å²) < 4.78 is 57.3. The second kappa shape index (κ2) is 6.00. The van der Waals surface area contributed by atoms with Crippen molar-refractivity contribution in [3.63, 3.8) is 0 Å². The summed E-state index contributed by atoms with van der Waals surface area (Å²) in [5.74, 6) is -1.07. The number of halogens is 4. The molecular weight excluding hydrogens is 376 g/mol. The van der Waals surface area contributed by atoms with Gasteiger partial charge in [-0.05, 0) is 35.7 Å². The van der Waals surface area contributed by atoms with Crippen molar-refractivity contribution < 1.29 is 27.5 Å². The maximum atomic E-state index is 14.3. The van der Waals surface area contributed by atoms with Gasteiger partial charge in [0.25, 0.3) is 0 Å². The van der Waals surface area contributed by atoms with E-state index in [0.717, 1.165) is 6.07 Å². The predicted molar refractivity (Wildman–Crippen MR) is 92.8 cm³/mol. The summed E-state index contributed by atoms with van der Waals surface area (Å²) >= 11 is 0. The van der Waals surface area contributed by atoms with Gasteiger partial charge in [0.05, 0.1) is 12.7 Å². The lowest BCUT2D eigenvalue weighted by molar-refractivity contribution is -0.246. The molecule has 1 heterocycles. The summed E-state index contributed by atoms with van der Waals surface area (Å²) in [6, 6.07) is 7.40. The second-order valence-corrected chi connectivity index (χ2v) is 6.76. The third kappa shape index (κ3) is 2.56. The summed E-state index contributed by atoms with van der Waals surface area (Å²) in [7, 11) is 0. The first-order valence-corrected chi connectivity index (χ1v) is 8.38. The Morgan fingerprint density at radius 1 is 1.18 bits per heavy atom. The molecule has 0 saturated carbocycles. The van der Waals surface area contributed by atoms with Gasteiger partial charge in [-0.15, -0.1) is 0 Å². The zero-order valence-corrected chi connectivity index (χ0v) is 14.6. The number of hydrogen-bond acceptors (Lipinski definition) is 3. The van der Waals surface area contributed by atoms with Crippen molar-refractivity contribution in [2.75, 3.05) is 0 Å². The third-order valence-electron chi connectivity index (χ3n) is 4.82. The zero-order valence-electron chi connectivity index (χ0n) is 14.6. The van der Waals surface area contributed by atoms with E-state index in [2.05, 4.69) is 5.10 Å². The lowest BCUT2D eigenvalue weighted by Gasteiger charge is -2.28. The number of benzene rings is 2. The number of carbonyl (C=O) groups is 1. The molecule has 4 rings (SSSR count). The summed E-state index contributed by atoms with van der Waals surface area (Å²) in [6.07, 6.45) is -2.23. The van der Waals surface area contributed by atoms with E-state index in [1.54, 1.807) is 6.07 Å². The van der Waals surface area contributed by atoms with E-state index in [9.17, 15) is 27.5 Å². The van der Waals surface area contributed by atoms with E-state index in [-0.39, 0.29) is 34.6 Å². The van der Waals surface area contributed by atoms with E-state index in [1.807, 2.05) is 0 Å². The standard InChI is InChI=1S/C20H14F4N2O2/c1-11(27)9-26-10-12(8-25-26)15-6-13(21)7-17-18(15)14-4-2-3-5-16(14)19(17,28)20(22,23)24/h2-8,10,28H,9H2,1H3. The number of rotatable bonds is 3. The monoisotopic (exact) mass is 390 g/mol. The van der Waals surface area contributed by atoms with Crippen molar-refractivity contribution >= 4 is 5.78 Å². The Morgan fingerprint density at radius 3 is 2.57 bits per heavy atom. The maximum absolute atomic E-state index is 14.3. The summed E-state index contributed by atoms with van der Waals surface area (Å²) in [5, 5.41) is 14.7. The summed E-state index contributed by atoms with van der Waals surface area (Å²) in [4.78, 5) is 11.3. The zero-order chi connectivity index (χ0) is 20.3. The highest BCUT2D eigenvalue weighted by Crippen LogP contribution is 2.57. The number of nitrogens with zero attached hydrogens (tertiary/aromatic N) is 2. The number of fused-ring (bicyclic) bond motifs is 3. The van der Waals surface area contributed by atoms with E-state index >= 15 is 0 Å². The lowest BCUT2D eigenvalue weighted by Crippen LogP contribution is -2.41. The van der Waals surface area contributed by atoms with E-state index < -0.39 is 23.2 Å². The number of ketones is 1. The van der Waals surface area contributed by atoms with E-state index in [4.69, 9.17) is 0 Å². The van der Waals surface area contributed by atoms with Gasteiger partial charge in [-0.3, -0.25) is 9.48 Å². The van der Waals surface area contributed by atoms with Crippen LogP contribution in [-0.2, 0) is 16.9 Å². The number of aromatic nitrogens is 2. The van der Waals surface area contributed by atoms with Crippen LogP contribution in [0.2, 0.25) is 0 Å². The molecule has 1 aromatic heterocycles. The van der Waals surface area contributed by atoms with Crippen LogP contribution in [0.1, 0.15) is 18.1 Å². The van der Waals surface area contributed by atoms with Crippen LogP contribution in [0, 0.1) is 5.82 Å². The van der Waals surface area contributed by atoms with Gasteiger partial charge in [0.15, 0.2) is 5.78 Å². The fourth-order valence-electron chi connectivity index (χ4n) is 3.69. The number of carbonyl (C=O) groups excluding carboxylic acids is 1. The molecule has 0 amide bonds. The first-order valence-electron chi connectivity index (χ1n) is 8.38. The Balaban J connectivity index is 2.01. The number of aliphatic hydroxyl groups is 1. The molecule has 1 unspecified atom stereocenters. The highest BCUT2D eigenvalue weighted by atomic mass is 19.4. The van der Waals surface area contributed by atoms with Crippen LogP contribution in [0.5, 0.6) is 0 Å². The highest BCUT2D eigenvalue weighted by molar-refractivity contribution is 5.92. The quantitative estimate of drug-likeness (QED) is 0.687. The molecule has 0 bridgehead atoms. The van der Waals surface area contributed by atoms with Crippen molar-refractivity contribution in [3.8, 4) is 22.3 Å². The van der Waals surface area contributed by atoms with Crippen LogP contribution in [0.25, 0.3) is 22.3 Å². The molecule has 144 valence electrons. The van der Waals surface area contributed by atoms with E-state index in [1.165, 1.54) is 42.2 Å². The molecule has 2 aromatic carbocycles. The van der Waals surface area contributed by atoms with Gasteiger partial charge in [-0.25, -0.2) is 4.39 Å². The van der Waals surface area contributed by atoms with Crippen molar-refractivity contribution in [1.29, 1.82) is 0 Å². The van der Waals surface area contributed by atoms with E-state index in [0.29, 0.717) is 11.6 Å². The normalized spacial score (nSPS) is 18.1. The number of Topliss-reactive ketones (excluding diaryl/α,β-unsaturated/α-hetero) is 1. The Hall–Kier alpha value is -3.00. The molecular formula is C20H14F4N2O2. The average molecular weight is 390 g/mol. The molecule has 0 fully saturated rings. The predicted octanol–water partition coefficient (Wildman–Crippen LogP) is 4.06. The van der Waals surface area contributed by atoms with Gasteiger partial charge in [0.2, 0.25) is 5.60 Å². The largest absolute Gasteiger partial charge is 0.425 e. The van der Waals surface area contributed by atoms with Gasteiger partial charge < -0.3 is 5.11 Å². The Bertz CT molecular complexity index is 1100. The molecule has 28 heavy (non-hydrogen) atoms. The molecule has 1 N–H and O–H groups in total. The van der Waals surface area contributed by atoms with Crippen LogP contribution in [0.15, 0.2) is 48.8 Å². The first-order chi connectivity index (χ1) is 13.1. The minimum atomic E-state index is -5.04. The van der Waals surface area contributed by atoms with Crippen LogP contribution in [0.4, 0.5) is 17.6 Å². The Kier molecular flexibility index (Phi) is 3.94. The SMILES string of the molecule is CC(=O)Cn1cc(-c2cc(F)cc3c2-c2ccccc2C3(O)C(F)(F)F)cn1. The smallest absolute Gasteiger partial charge is 0.372 e. The van der Waals surface area contributed by atoms with Gasteiger partial charge in [0, 0.05) is 22.9 Å². The molecule has 1 aliphatic rings. The number of hydrogen-bond donors (Lipinski definition) is 1. The van der Waals surface area contributed by atoms with Crippen molar-refractivity contribution in [3.05, 3.63) is 65.7 Å². The molecule has 0 radical (unpaired) electrons. The van der Waals surface area contributed by atoms with Gasteiger partial charge in [-0.1, -0.05) is 24.3 Å². The summed E-state index contributed by atoms with van der Waals surface area (Å²) in [5.41, 5.74) is -3.44. The molecule has 4 nitrogen and oxygen atoms in total. The van der Waals surface area contributed by atoms with Gasteiger partial charge >= 0.3 is 6.18 Å². The molecule has 3 aromatic rings. The summed E-state index contributed by atoms with van der Waals surface area (Å²) in [6.45, 7) is 1.36. The second-order valence-electron chi connectivity index (χ2n) is 6.76. The minimum Gasteiger partial charge on any atom is -0.372 e. The van der Waals surface area contributed by atoms with Crippen molar-refractivity contribution in [2.45, 2.75) is 25.2 Å². The Labute approximate surface area is 157 Å². The topological polar surface area (TPSA) is 55.1 Å². The van der Waals surface area contributed by atoms with Crippen LogP contribution in [-0.4, -0.2) is 26.8 Å². The highest BCUT2D eigenvalue weighted by Gasteiger charge is 2.61. The maximum Gasteiger partial charge on any atom is 0.425 e. The third-order valence-corrected chi connectivity index (χ3v) is 4.82. The van der Waals surface area contributed by atoms with Gasteiger partial charge in [-0.2, -0.15) is 18.3 Å². The van der Waals surface area contributed by atoms with Crippen LogP contribution in [0.3, 0.4) is 0 Å². The van der Waals surface area contributed by atoms with Crippen LogP contribution < -0.4 is 0 Å². The Morgan fingerprint density at radius 2 is 1.89 bits per heavy atom.